The van der Waals surface area contributed by atoms with Gasteiger partial charge in [-0.1, -0.05) is 25.9 Å². The number of piperazine rings is 1. The number of rotatable bonds is 5. The van der Waals surface area contributed by atoms with E-state index >= 15 is 0 Å². The molecule has 3 heterocycles. The van der Waals surface area contributed by atoms with E-state index in [0.29, 0.717) is 44.2 Å². The molecule has 2 aliphatic heterocycles. The molecule has 2 amide bonds. The maximum Gasteiger partial charge on any atom is 0.236 e. The van der Waals surface area contributed by atoms with Crippen LogP contribution in [0.2, 0.25) is 0 Å². The Morgan fingerprint density at radius 2 is 1.59 bits per heavy atom. The molecule has 0 aromatic carbocycles. The Morgan fingerprint density at radius 3 is 2.19 bits per heavy atom. The minimum atomic E-state index is -0.158. The molecule has 0 N–H and O–H groups in total. The minimum Gasteiger partial charge on any atom is -0.342 e. The molecule has 3 rings (SSSR count). The first-order valence-corrected chi connectivity index (χ1v) is 9.94. The van der Waals surface area contributed by atoms with Crippen molar-refractivity contribution in [1.82, 2.24) is 24.8 Å². The normalized spacial score (nSPS) is 18.9. The van der Waals surface area contributed by atoms with E-state index in [0.717, 1.165) is 39.0 Å². The van der Waals surface area contributed by atoms with Crippen LogP contribution in [0, 0.1) is 0 Å². The van der Waals surface area contributed by atoms with Crippen LogP contribution >= 0.6 is 0 Å². The van der Waals surface area contributed by atoms with E-state index in [9.17, 15) is 9.59 Å². The molecule has 2 fully saturated rings. The van der Waals surface area contributed by atoms with Crippen LogP contribution in [0.15, 0.2) is 4.52 Å². The molecule has 150 valence electrons. The van der Waals surface area contributed by atoms with Crippen molar-refractivity contribution in [1.29, 1.82) is 0 Å². The second kappa shape index (κ2) is 8.37. The molecule has 2 saturated heterocycles. The molecule has 0 aliphatic carbocycles. The maximum absolute atomic E-state index is 12.5. The summed E-state index contributed by atoms with van der Waals surface area (Å²) in [5.41, 5.74) is -0.158. The van der Waals surface area contributed by atoms with Crippen molar-refractivity contribution in [3.63, 3.8) is 0 Å². The monoisotopic (exact) mass is 377 g/mol. The first kappa shape index (κ1) is 19.8. The van der Waals surface area contributed by atoms with Crippen LogP contribution in [-0.2, 0) is 21.4 Å². The molecule has 0 bridgehead atoms. The second-order valence-corrected chi connectivity index (χ2v) is 8.51. The van der Waals surface area contributed by atoms with Crippen molar-refractivity contribution < 1.29 is 14.1 Å². The van der Waals surface area contributed by atoms with Crippen molar-refractivity contribution in [2.45, 2.75) is 51.9 Å². The van der Waals surface area contributed by atoms with E-state index < -0.39 is 0 Å². The minimum absolute atomic E-state index is 0.107. The van der Waals surface area contributed by atoms with Gasteiger partial charge in [0.05, 0.1) is 6.54 Å². The number of aryl methyl sites for hydroxylation is 1. The van der Waals surface area contributed by atoms with Crippen molar-refractivity contribution in [2.24, 2.45) is 0 Å². The lowest BCUT2D eigenvalue weighted by molar-refractivity contribution is -0.134. The molecular formula is C19H31N5O3. The van der Waals surface area contributed by atoms with Gasteiger partial charge in [-0.05, 0) is 12.8 Å². The van der Waals surface area contributed by atoms with Crippen LogP contribution < -0.4 is 0 Å². The highest BCUT2D eigenvalue weighted by molar-refractivity contribution is 5.79. The van der Waals surface area contributed by atoms with Gasteiger partial charge < -0.3 is 14.3 Å². The summed E-state index contributed by atoms with van der Waals surface area (Å²) in [7, 11) is 0. The van der Waals surface area contributed by atoms with E-state index in [1.54, 1.807) is 0 Å². The predicted molar refractivity (Wildman–Crippen MR) is 100 cm³/mol. The van der Waals surface area contributed by atoms with Crippen LogP contribution in [0.25, 0.3) is 0 Å². The van der Waals surface area contributed by atoms with Crippen molar-refractivity contribution >= 4 is 11.8 Å². The molecule has 0 saturated carbocycles. The molecule has 1 aromatic heterocycles. The van der Waals surface area contributed by atoms with E-state index in [1.807, 2.05) is 30.6 Å². The number of amides is 2. The molecule has 8 heteroatoms. The van der Waals surface area contributed by atoms with Gasteiger partial charge in [-0.3, -0.25) is 14.5 Å². The van der Waals surface area contributed by atoms with Gasteiger partial charge in [-0.25, -0.2) is 0 Å². The second-order valence-electron chi connectivity index (χ2n) is 8.51. The largest absolute Gasteiger partial charge is 0.342 e. The molecule has 1 aromatic rings. The SMILES string of the molecule is CC(C)(C)c1noc(CCC(=O)N2CCN(CC(=O)N3CCCC3)CC2)n1. The summed E-state index contributed by atoms with van der Waals surface area (Å²) in [5, 5.41) is 3.99. The predicted octanol–water partition coefficient (Wildman–Crippen LogP) is 1.07. The number of hydrogen-bond donors (Lipinski definition) is 0. The summed E-state index contributed by atoms with van der Waals surface area (Å²) in [6, 6.07) is 0. The van der Waals surface area contributed by atoms with Gasteiger partial charge in [0.2, 0.25) is 17.7 Å². The molecule has 2 aliphatic rings. The van der Waals surface area contributed by atoms with Gasteiger partial charge >= 0.3 is 0 Å². The number of carbonyl (C=O) groups is 2. The molecule has 0 atom stereocenters. The summed E-state index contributed by atoms with van der Waals surface area (Å²) in [5.74, 6) is 1.51. The molecular weight excluding hydrogens is 346 g/mol. The molecule has 27 heavy (non-hydrogen) atoms. The van der Waals surface area contributed by atoms with E-state index in [2.05, 4.69) is 15.0 Å². The number of likely N-dealkylation sites (tertiary alicyclic amines) is 1. The van der Waals surface area contributed by atoms with Crippen LogP contribution in [-0.4, -0.2) is 82.5 Å². The summed E-state index contributed by atoms with van der Waals surface area (Å²) in [6.45, 7) is 11.2. The van der Waals surface area contributed by atoms with Crippen LogP contribution in [0.5, 0.6) is 0 Å². The third-order valence-electron chi connectivity index (χ3n) is 5.23. The highest BCUT2D eigenvalue weighted by Gasteiger charge is 2.26. The Balaban J connectivity index is 1.39. The summed E-state index contributed by atoms with van der Waals surface area (Å²) in [6.07, 6.45) is 3.07. The van der Waals surface area contributed by atoms with Crippen molar-refractivity contribution in [3.8, 4) is 0 Å². The Labute approximate surface area is 160 Å². The smallest absolute Gasteiger partial charge is 0.236 e. The van der Waals surface area contributed by atoms with E-state index in [4.69, 9.17) is 4.52 Å². The number of carbonyl (C=O) groups excluding carboxylic acids is 2. The highest BCUT2D eigenvalue weighted by Crippen LogP contribution is 2.19. The standard InChI is InChI=1S/C19H31N5O3/c1-19(2,3)18-20-15(27-21-18)6-7-16(25)24-12-10-22(11-13-24)14-17(26)23-8-4-5-9-23/h4-14H2,1-3H3. The molecule has 0 spiro atoms. The van der Waals surface area contributed by atoms with Crippen LogP contribution in [0.3, 0.4) is 0 Å². The Hall–Kier alpha value is -1.96. The van der Waals surface area contributed by atoms with Gasteiger partial charge in [0.25, 0.3) is 0 Å². The van der Waals surface area contributed by atoms with Gasteiger partial charge in [0.1, 0.15) is 0 Å². The summed E-state index contributed by atoms with van der Waals surface area (Å²) >= 11 is 0. The zero-order valence-electron chi connectivity index (χ0n) is 16.7. The average molecular weight is 377 g/mol. The first-order chi connectivity index (χ1) is 12.8. The Bertz CT molecular complexity index is 653. The number of aromatic nitrogens is 2. The molecule has 8 nitrogen and oxygen atoms in total. The summed E-state index contributed by atoms with van der Waals surface area (Å²) in [4.78, 5) is 35.1. The fraction of sp³-hybridized carbons (Fsp3) is 0.789. The molecule has 0 unspecified atom stereocenters. The van der Waals surface area contributed by atoms with Gasteiger partial charge in [0.15, 0.2) is 5.82 Å². The van der Waals surface area contributed by atoms with Crippen LogP contribution in [0.1, 0.15) is 51.7 Å². The maximum atomic E-state index is 12.5. The lowest BCUT2D eigenvalue weighted by atomic mass is 9.96. The summed E-state index contributed by atoms with van der Waals surface area (Å²) < 4.78 is 5.26. The first-order valence-electron chi connectivity index (χ1n) is 9.94. The Morgan fingerprint density at radius 1 is 0.963 bits per heavy atom. The fourth-order valence-corrected chi connectivity index (χ4v) is 3.45. The third kappa shape index (κ3) is 5.28. The van der Waals surface area contributed by atoms with Gasteiger partial charge in [0, 0.05) is 57.5 Å². The van der Waals surface area contributed by atoms with Gasteiger partial charge in [-0.2, -0.15) is 4.98 Å². The zero-order chi connectivity index (χ0) is 19.4. The average Bonchev–Trinajstić information content (AvgIpc) is 3.31. The van der Waals surface area contributed by atoms with Crippen molar-refractivity contribution in [3.05, 3.63) is 11.7 Å². The number of nitrogens with zero attached hydrogens (tertiary/aromatic N) is 5. The highest BCUT2D eigenvalue weighted by atomic mass is 16.5. The van der Waals surface area contributed by atoms with E-state index in [-0.39, 0.29) is 17.2 Å². The van der Waals surface area contributed by atoms with Gasteiger partial charge in [-0.15, -0.1) is 0 Å². The van der Waals surface area contributed by atoms with E-state index in [1.165, 1.54) is 0 Å². The lowest BCUT2D eigenvalue weighted by Gasteiger charge is -2.35. The molecule has 0 radical (unpaired) electrons. The van der Waals surface area contributed by atoms with Crippen molar-refractivity contribution in [2.75, 3.05) is 45.8 Å². The third-order valence-corrected chi connectivity index (χ3v) is 5.23. The topological polar surface area (TPSA) is 82.8 Å². The number of hydrogen-bond acceptors (Lipinski definition) is 6. The van der Waals surface area contributed by atoms with Crippen LogP contribution in [0.4, 0.5) is 0 Å². The quantitative estimate of drug-likeness (QED) is 0.763. The Kier molecular flexibility index (Phi) is 6.14. The zero-order valence-corrected chi connectivity index (χ0v) is 16.7. The lowest BCUT2D eigenvalue weighted by Crippen LogP contribution is -2.51. The fourth-order valence-electron chi connectivity index (χ4n) is 3.45.